The lowest BCUT2D eigenvalue weighted by Crippen LogP contribution is -2.70. The van der Waals surface area contributed by atoms with Crippen molar-refractivity contribution in [1.82, 2.24) is 9.80 Å². The van der Waals surface area contributed by atoms with Crippen LogP contribution in [0.4, 0.5) is 9.59 Å². The van der Waals surface area contributed by atoms with E-state index in [9.17, 15) is 19.5 Å². The fourth-order valence-corrected chi connectivity index (χ4v) is 1.96. The quantitative estimate of drug-likeness (QED) is 0.621. The van der Waals surface area contributed by atoms with Gasteiger partial charge in [0.1, 0.15) is 0 Å². The predicted molar refractivity (Wildman–Crippen MR) is 56.6 cm³/mol. The van der Waals surface area contributed by atoms with Crippen molar-refractivity contribution in [2.75, 3.05) is 33.4 Å². The molecule has 3 N–H and O–H groups in total. The third-order valence-electron chi connectivity index (χ3n) is 2.85. The van der Waals surface area contributed by atoms with Crippen LogP contribution in [0.5, 0.6) is 0 Å². The summed E-state index contributed by atoms with van der Waals surface area (Å²) in [6.07, 6.45) is -2.71. The van der Waals surface area contributed by atoms with E-state index in [0.29, 0.717) is 4.90 Å². The third kappa shape index (κ3) is 2.30. The second-order valence-electron chi connectivity index (χ2n) is 3.91. The summed E-state index contributed by atoms with van der Waals surface area (Å²) in [4.78, 5) is 34.9. The van der Waals surface area contributed by atoms with Gasteiger partial charge in [0.25, 0.3) is 0 Å². The molecule has 0 aliphatic carbocycles. The van der Waals surface area contributed by atoms with Crippen molar-refractivity contribution in [2.24, 2.45) is 0 Å². The number of carbonyl (C=O) groups is 3. The molecule has 1 atom stereocenters. The van der Waals surface area contributed by atoms with Crippen molar-refractivity contribution in [3.05, 3.63) is 0 Å². The Morgan fingerprint density at radius 3 is 2.17 bits per heavy atom. The number of ether oxygens (including phenoxy) is 1. The van der Waals surface area contributed by atoms with Crippen molar-refractivity contribution < 1.29 is 34.4 Å². The van der Waals surface area contributed by atoms with Gasteiger partial charge in [0.2, 0.25) is 0 Å². The first-order valence-corrected chi connectivity index (χ1v) is 5.06. The minimum Gasteiger partial charge on any atom is -0.479 e. The Kier molecular flexibility index (Phi) is 3.96. The lowest BCUT2D eigenvalue weighted by Gasteiger charge is -2.45. The van der Waals surface area contributed by atoms with Crippen LogP contribution in [-0.2, 0) is 9.53 Å². The minimum atomic E-state index is -1.91. The normalized spacial score (nSPS) is 23.8. The molecule has 1 aliphatic rings. The average Bonchev–Trinajstić information content (AvgIpc) is 2.28. The van der Waals surface area contributed by atoms with E-state index >= 15 is 0 Å². The summed E-state index contributed by atoms with van der Waals surface area (Å²) in [5, 5.41) is 27.1. The molecule has 9 nitrogen and oxygen atoms in total. The molecule has 0 radical (unpaired) electrons. The third-order valence-corrected chi connectivity index (χ3v) is 2.85. The van der Waals surface area contributed by atoms with E-state index in [1.807, 2.05) is 0 Å². The molecular weight excluding hydrogens is 248 g/mol. The molecule has 0 bridgehead atoms. The second-order valence-corrected chi connectivity index (χ2v) is 3.91. The first-order valence-electron chi connectivity index (χ1n) is 5.06. The summed E-state index contributed by atoms with van der Waals surface area (Å²) in [6, 6.07) is 0. The smallest absolute Gasteiger partial charge is 0.408 e. The van der Waals surface area contributed by atoms with Gasteiger partial charge in [-0.1, -0.05) is 0 Å². The van der Waals surface area contributed by atoms with Crippen LogP contribution in [0, 0.1) is 0 Å². The minimum absolute atomic E-state index is 0.0691. The van der Waals surface area contributed by atoms with E-state index < -0.39 is 36.8 Å². The average molecular weight is 262 g/mol. The van der Waals surface area contributed by atoms with Crippen LogP contribution in [-0.4, -0.2) is 82.2 Å². The number of aliphatic carboxylic acids is 1. The fraction of sp³-hybridized carbons (Fsp3) is 0.667. The molecule has 18 heavy (non-hydrogen) atoms. The number of rotatable bonds is 3. The van der Waals surface area contributed by atoms with Crippen LogP contribution in [0.2, 0.25) is 0 Å². The molecule has 1 heterocycles. The number of methoxy groups -OCH3 is 1. The number of hydrogen-bond acceptors (Lipinski definition) is 4. The van der Waals surface area contributed by atoms with E-state index in [2.05, 4.69) is 0 Å². The van der Waals surface area contributed by atoms with Crippen LogP contribution >= 0.6 is 0 Å². The topological polar surface area (TPSA) is 128 Å². The lowest BCUT2D eigenvalue weighted by molar-refractivity contribution is -0.158. The van der Waals surface area contributed by atoms with Crippen molar-refractivity contribution in [2.45, 2.75) is 5.54 Å². The molecule has 0 aromatic rings. The molecule has 9 heteroatoms. The zero-order chi connectivity index (χ0) is 13.9. The van der Waals surface area contributed by atoms with E-state index in [0.717, 1.165) is 4.90 Å². The number of amides is 2. The number of piperazine rings is 1. The van der Waals surface area contributed by atoms with Crippen LogP contribution < -0.4 is 0 Å². The van der Waals surface area contributed by atoms with Crippen LogP contribution in [0.15, 0.2) is 0 Å². The molecule has 1 saturated heterocycles. The Morgan fingerprint density at radius 1 is 1.17 bits per heavy atom. The number of hydrogen-bond donors (Lipinski definition) is 3. The number of carboxylic acid groups (broad SMARTS) is 3. The van der Waals surface area contributed by atoms with Crippen LogP contribution in [0.3, 0.4) is 0 Å². The summed E-state index contributed by atoms with van der Waals surface area (Å²) in [7, 11) is 1.23. The van der Waals surface area contributed by atoms with Crippen molar-refractivity contribution >= 4 is 18.2 Å². The highest BCUT2D eigenvalue weighted by atomic mass is 16.5. The van der Waals surface area contributed by atoms with E-state index in [-0.39, 0.29) is 13.1 Å². The van der Waals surface area contributed by atoms with Gasteiger partial charge in [0.15, 0.2) is 5.54 Å². The van der Waals surface area contributed by atoms with Crippen molar-refractivity contribution in [3.63, 3.8) is 0 Å². The summed E-state index contributed by atoms with van der Waals surface area (Å²) in [6.45, 7) is -1.16. The predicted octanol–water partition coefficient (Wildman–Crippen LogP) is -0.570. The Hall–Kier alpha value is -2.03. The molecule has 0 aromatic carbocycles. The zero-order valence-corrected chi connectivity index (χ0v) is 9.70. The van der Waals surface area contributed by atoms with Crippen molar-refractivity contribution in [3.8, 4) is 0 Å². The standard InChI is InChI=1S/C9H14N2O7/c1-18-5-9(6(12)13)4-10(7(14)15)2-3-11(9)8(16)17/h2-5H2,1H3,(H,12,13)(H,14,15)(H,16,17). The zero-order valence-electron chi connectivity index (χ0n) is 9.70. The Morgan fingerprint density at radius 2 is 1.78 bits per heavy atom. The molecular formula is C9H14N2O7. The maximum Gasteiger partial charge on any atom is 0.408 e. The van der Waals surface area contributed by atoms with Gasteiger partial charge < -0.3 is 25.0 Å². The van der Waals surface area contributed by atoms with Gasteiger partial charge in [-0.2, -0.15) is 0 Å². The fourth-order valence-electron chi connectivity index (χ4n) is 1.96. The molecule has 102 valence electrons. The molecule has 0 saturated carbocycles. The first-order chi connectivity index (χ1) is 8.35. The van der Waals surface area contributed by atoms with Gasteiger partial charge >= 0.3 is 18.2 Å². The van der Waals surface area contributed by atoms with Crippen LogP contribution in [0.25, 0.3) is 0 Å². The summed E-state index contributed by atoms with van der Waals surface area (Å²) >= 11 is 0. The Labute approximate surface area is 102 Å². The van der Waals surface area contributed by atoms with Gasteiger partial charge in [0, 0.05) is 20.2 Å². The molecule has 1 fully saturated rings. The molecule has 0 aromatic heterocycles. The summed E-state index contributed by atoms with van der Waals surface area (Å²) in [5.74, 6) is -1.43. The van der Waals surface area contributed by atoms with Gasteiger partial charge in [-0.25, -0.2) is 14.4 Å². The molecule has 1 unspecified atom stereocenters. The van der Waals surface area contributed by atoms with Crippen molar-refractivity contribution in [1.29, 1.82) is 0 Å². The Bertz CT molecular complexity index is 372. The monoisotopic (exact) mass is 262 g/mol. The highest BCUT2D eigenvalue weighted by Gasteiger charge is 2.52. The van der Waals surface area contributed by atoms with Gasteiger partial charge in [-0.15, -0.1) is 0 Å². The number of carboxylic acids is 1. The van der Waals surface area contributed by atoms with E-state index in [1.165, 1.54) is 7.11 Å². The SMILES string of the molecule is COCC1(C(=O)O)CN(C(=O)O)CCN1C(=O)O. The first kappa shape index (κ1) is 14.0. The Balaban J connectivity index is 3.12. The molecule has 2 amide bonds. The van der Waals surface area contributed by atoms with Crippen LogP contribution in [0.1, 0.15) is 0 Å². The lowest BCUT2D eigenvalue weighted by atomic mass is 9.95. The molecule has 0 spiro atoms. The highest BCUT2D eigenvalue weighted by Crippen LogP contribution is 2.23. The van der Waals surface area contributed by atoms with Gasteiger partial charge in [0.05, 0.1) is 13.2 Å². The second kappa shape index (κ2) is 5.08. The molecule has 1 aliphatic heterocycles. The highest BCUT2D eigenvalue weighted by molar-refractivity contribution is 5.85. The number of nitrogens with zero attached hydrogens (tertiary/aromatic N) is 2. The van der Waals surface area contributed by atoms with E-state index in [1.54, 1.807) is 0 Å². The van der Waals surface area contributed by atoms with Gasteiger partial charge in [-0.3, -0.25) is 4.90 Å². The largest absolute Gasteiger partial charge is 0.479 e. The van der Waals surface area contributed by atoms with E-state index in [4.69, 9.17) is 14.9 Å². The molecule has 1 rings (SSSR count). The summed E-state index contributed by atoms with van der Waals surface area (Å²) in [5.41, 5.74) is -1.91. The van der Waals surface area contributed by atoms with Gasteiger partial charge in [-0.05, 0) is 0 Å². The summed E-state index contributed by atoms with van der Waals surface area (Å²) < 4.78 is 4.75. The maximum absolute atomic E-state index is 11.3. The maximum atomic E-state index is 11.3.